The molecule has 1 N–H and O–H groups in total. The zero-order valence-corrected chi connectivity index (χ0v) is 16.2. The maximum absolute atomic E-state index is 11.9. The second-order valence-electron chi connectivity index (χ2n) is 6.14. The highest BCUT2D eigenvalue weighted by atomic mass is 127. The second-order valence-corrected chi connectivity index (χ2v) is 6.90. The number of nitrogens with one attached hydrogen (secondary N) is 1. The van der Waals surface area contributed by atoms with Gasteiger partial charge in [-0.05, 0) is 30.5 Å². The summed E-state index contributed by atoms with van der Waals surface area (Å²) >= 11 is 1.98. The van der Waals surface area contributed by atoms with Gasteiger partial charge in [-0.2, -0.15) is 0 Å². The Kier molecular flexibility index (Phi) is 5.85. The van der Waals surface area contributed by atoms with Gasteiger partial charge in [0.15, 0.2) is 5.78 Å². The number of ketones is 1. The van der Waals surface area contributed by atoms with E-state index in [4.69, 9.17) is 4.74 Å². The van der Waals surface area contributed by atoms with E-state index in [0.29, 0.717) is 30.9 Å². The number of carbonyl (C=O) groups excluding carboxylic acids is 2. The minimum atomic E-state index is 0.00952. The fourth-order valence-electron chi connectivity index (χ4n) is 3.04. The van der Waals surface area contributed by atoms with E-state index in [0.717, 1.165) is 23.6 Å². The maximum Gasteiger partial charge on any atom is 0.237 e. The molecular formula is C18H20IN3O3. The van der Waals surface area contributed by atoms with Crippen LogP contribution in [0.2, 0.25) is 0 Å². The van der Waals surface area contributed by atoms with Crippen molar-refractivity contribution in [3.8, 4) is 5.75 Å². The molecule has 132 valence electrons. The van der Waals surface area contributed by atoms with E-state index in [-0.39, 0.29) is 17.8 Å². The van der Waals surface area contributed by atoms with E-state index in [1.54, 1.807) is 25.4 Å². The number of carbonyl (C=O) groups is 2. The highest BCUT2D eigenvalue weighted by molar-refractivity contribution is 14.1. The van der Waals surface area contributed by atoms with Crippen molar-refractivity contribution >= 4 is 45.3 Å². The molecule has 0 bridgehead atoms. The molecule has 25 heavy (non-hydrogen) atoms. The highest BCUT2D eigenvalue weighted by Crippen LogP contribution is 2.29. The number of aromatic nitrogens is 1. The number of hydrogen-bond donors (Lipinski definition) is 1. The van der Waals surface area contributed by atoms with Crippen LogP contribution in [-0.2, 0) is 4.79 Å². The molecule has 0 radical (unpaired) electrons. The van der Waals surface area contributed by atoms with Crippen LogP contribution < -0.4 is 8.27 Å². The summed E-state index contributed by atoms with van der Waals surface area (Å²) in [5.41, 5.74) is 0.634. The van der Waals surface area contributed by atoms with Crippen molar-refractivity contribution in [3.05, 3.63) is 36.2 Å². The van der Waals surface area contributed by atoms with E-state index in [1.165, 1.54) is 0 Å². The van der Waals surface area contributed by atoms with E-state index in [9.17, 15) is 9.59 Å². The molecular weight excluding hydrogens is 433 g/mol. The van der Waals surface area contributed by atoms with Crippen LogP contribution in [0.5, 0.6) is 5.75 Å². The summed E-state index contributed by atoms with van der Waals surface area (Å²) in [6.45, 7) is 3.27. The van der Waals surface area contributed by atoms with E-state index >= 15 is 0 Å². The number of piperidine rings is 1. The minimum absolute atomic E-state index is 0.00952. The van der Waals surface area contributed by atoms with E-state index < -0.39 is 0 Å². The van der Waals surface area contributed by atoms with Gasteiger partial charge >= 0.3 is 0 Å². The Morgan fingerprint density at radius 1 is 1.36 bits per heavy atom. The van der Waals surface area contributed by atoms with Crippen LogP contribution in [-0.4, -0.2) is 47.3 Å². The van der Waals surface area contributed by atoms with Gasteiger partial charge in [-0.15, -0.1) is 0 Å². The van der Waals surface area contributed by atoms with Crippen molar-refractivity contribution in [1.29, 1.82) is 0 Å². The molecule has 0 saturated carbocycles. The molecule has 0 atom stereocenters. The van der Waals surface area contributed by atoms with Gasteiger partial charge in [0, 0.05) is 72.1 Å². The van der Waals surface area contributed by atoms with Crippen LogP contribution in [0.3, 0.4) is 0 Å². The standard InChI is InChI=1S/C18H20IN3O3/c1-12(23)14-8-13-2-5-20-10-16(13)17(9-14)25-15-3-6-22(7-4-15)18(24)11-21-19/h2,5,8-10,15,21H,3-4,6-7,11H2,1H3. The molecule has 6 nitrogen and oxygen atoms in total. The fourth-order valence-corrected chi connectivity index (χ4v) is 3.36. The Morgan fingerprint density at radius 2 is 2.12 bits per heavy atom. The van der Waals surface area contributed by atoms with Crippen LogP contribution in [0.25, 0.3) is 10.8 Å². The third-order valence-corrected chi connectivity index (χ3v) is 4.81. The SMILES string of the molecule is CC(=O)c1cc(OC2CCN(C(=O)CNI)CC2)c2cnccc2c1. The van der Waals surface area contributed by atoms with Gasteiger partial charge in [0.05, 0.1) is 6.54 Å². The first-order chi connectivity index (χ1) is 12.1. The van der Waals surface area contributed by atoms with Crippen LogP contribution >= 0.6 is 22.9 Å². The molecule has 1 aliphatic heterocycles. The number of fused-ring (bicyclic) bond motifs is 1. The van der Waals surface area contributed by atoms with Gasteiger partial charge in [-0.1, -0.05) is 0 Å². The summed E-state index contributed by atoms with van der Waals surface area (Å²) in [5, 5.41) is 1.85. The number of benzene rings is 1. The number of halogens is 1. The molecule has 1 aliphatic rings. The fraction of sp³-hybridized carbons (Fsp3) is 0.389. The third-order valence-electron chi connectivity index (χ3n) is 4.43. The number of Topliss-reactive ketones (excluding diaryl/α,β-unsaturated/α-hetero) is 1. The van der Waals surface area contributed by atoms with Gasteiger partial charge in [0.25, 0.3) is 0 Å². The predicted octanol–water partition coefficient (Wildman–Crippen LogP) is 2.75. The minimum Gasteiger partial charge on any atom is -0.490 e. The summed E-state index contributed by atoms with van der Waals surface area (Å²) in [6.07, 6.45) is 5.06. The molecule has 2 heterocycles. The molecule has 1 fully saturated rings. The lowest BCUT2D eigenvalue weighted by Gasteiger charge is -2.32. The number of rotatable bonds is 5. The summed E-state index contributed by atoms with van der Waals surface area (Å²) in [7, 11) is 0. The Bertz CT molecular complexity index is 788. The first kappa shape index (κ1) is 18.1. The molecule has 3 rings (SSSR count). The van der Waals surface area contributed by atoms with Crippen molar-refractivity contribution in [2.75, 3.05) is 19.6 Å². The maximum atomic E-state index is 11.9. The highest BCUT2D eigenvalue weighted by Gasteiger charge is 2.24. The molecule has 7 heteroatoms. The number of pyridine rings is 1. The molecule has 0 unspecified atom stereocenters. The van der Waals surface area contributed by atoms with E-state index in [1.807, 2.05) is 39.9 Å². The van der Waals surface area contributed by atoms with Gasteiger partial charge in [0.1, 0.15) is 11.9 Å². The first-order valence-electron chi connectivity index (χ1n) is 8.25. The number of hydrogen-bond acceptors (Lipinski definition) is 5. The third kappa shape index (κ3) is 4.27. The Morgan fingerprint density at radius 3 is 2.80 bits per heavy atom. The average Bonchev–Trinajstić information content (AvgIpc) is 2.62. The van der Waals surface area contributed by atoms with Crippen LogP contribution in [0.4, 0.5) is 0 Å². The summed E-state index contributed by atoms with van der Waals surface area (Å²) in [6, 6.07) is 5.54. The monoisotopic (exact) mass is 453 g/mol. The van der Waals surface area contributed by atoms with Gasteiger partial charge in [-0.25, -0.2) is 0 Å². The Labute approximate surface area is 160 Å². The summed E-state index contributed by atoms with van der Waals surface area (Å²) in [4.78, 5) is 29.8. The van der Waals surface area contributed by atoms with Crippen LogP contribution in [0, 0.1) is 0 Å². The van der Waals surface area contributed by atoms with Crippen LogP contribution in [0.15, 0.2) is 30.6 Å². The zero-order valence-electron chi connectivity index (χ0n) is 14.0. The van der Waals surface area contributed by atoms with Crippen molar-refractivity contribution in [2.24, 2.45) is 0 Å². The zero-order chi connectivity index (χ0) is 17.8. The molecule has 0 spiro atoms. The molecule has 1 saturated heterocycles. The molecule has 0 aliphatic carbocycles. The van der Waals surface area contributed by atoms with Crippen molar-refractivity contribution in [1.82, 2.24) is 13.4 Å². The molecule has 1 aromatic carbocycles. The van der Waals surface area contributed by atoms with Gasteiger partial charge in [0.2, 0.25) is 5.91 Å². The number of nitrogens with zero attached hydrogens (tertiary/aromatic N) is 2. The largest absolute Gasteiger partial charge is 0.490 e. The van der Waals surface area contributed by atoms with E-state index in [2.05, 4.69) is 8.51 Å². The molecule has 1 aromatic heterocycles. The number of amides is 1. The topological polar surface area (TPSA) is 71.5 Å². The molecule has 1 amide bonds. The summed E-state index contributed by atoms with van der Waals surface area (Å²) in [5.74, 6) is 0.811. The quantitative estimate of drug-likeness (QED) is 0.429. The lowest BCUT2D eigenvalue weighted by Crippen LogP contribution is -2.44. The number of ether oxygens (including phenoxy) is 1. The summed E-state index contributed by atoms with van der Waals surface area (Å²) < 4.78 is 9.06. The van der Waals surface area contributed by atoms with Gasteiger partial charge < -0.3 is 9.64 Å². The van der Waals surface area contributed by atoms with Crippen molar-refractivity contribution in [3.63, 3.8) is 0 Å². The van der Waals surface area contributed by atoms with Crippen LogP contribution in [0.1, 0.15) is 30.1 Å². The first-order valence-corrected chi connectivity index (χ1v) is 9.33. The lowest BCUT2D eigenvalue weighted by molar-refractivity contribution is -0.131. The molecule has 2 aromatic rings. The smallest absolute Gasteiger partial charge is 0.237 e. The van der Waals surface area contributed by atoms with Crippen molar-refractivity contribution < 1.29 is 14.3 Å². The average molecular weight is 453 g/mol. The second kappa shape index (κ2) is 8.09. The Balaban J connectivity index is 1.75. The van der Waals surface area contributed by atoms with Crippen molar-refractivity contribution in [2.45, 2.75) is 25.9 Å². The predicted molar refractivity (Wildman–Crippen MR) is 104 cm³/mol. The normalized spacial score (nSPS) is 15.4. The Hall–Kier alpha value is -1.74. The number of likely N-dealkylation sites (tertiary alicyclic amines) is 1. The lowest BCUT2D eigenvalue weighted by atomic mass is 10.0. The van der Waals surface area contributed by atoms with Gasteiger partial charge in [-0.3, -0.25) is 18.1 Å².